The predicted molar refractivity (Wildman–Crippen MR) is 493 cm³/mol. The first-order chi connectivity index (χ1) is 67.3. The Kier molecular flexibility index (Phi) is 48.1. The third-order valence-electron chi connectivity index (χ3n) is 28.8. The minimum atomic E-state index is -1.70. The summed E-state index contributed by atoms with van der Waals surface area (Å²) in [5.41, 5.74) is 12.0. The largest absolute Gasteiger partial charge is 0.394 e. The smallest absolute Gasteiger partial charge is 0.251 e. The van der Waals surface area contributed by atoms with Gasteiger partial charge in [0, 0.05) is 77.2 Å². The number of hydrogen-bond donors (Lipinski definition) is 14. The van der Waals surface area contributed by atoms with Crippen molar-refractivity contribution in [1.82, 2.24) is 50.4 Å². The number of hydrogen-bond acceptors (Lipinski definition) is 39. The Bertz CT molecular complexity index is 3710. The molecule has 0 radical (unpaired) electrons. The molecule has 2 aromatic heterocycles. The van der Waals surface area contributed by atoms with Crippen molar-refractivity contribution in [3.63, 3.8) is 0 Å². The molecule has 2 aromatic rings. The van der Waals surface area contributed by atoms with Crippen molar-refractivity contribution >= 4 is 35.2 Å². The maximum Gasteiger partial charge on any atom is 0.251 e. The lowest BCUT2D eigenvalue weighted by atomic mass is 9.74. The van der Waals surface area contributed by atoms with Crippen molar-refractivity contribution in [3.8, 4) is 0 Å². The summed E-state index contributed by atoms with van der Waals surface area (Å²) in [5.74, 6) is -3.77. The molecule has 45 heteroatoms. The van der Waals surface area contributed by atoms with Gasteiger partial charge in [0.1, 0.15) is 134 Å². The Balaban J connectivity index is 0.0000187. The number of aromatic nitrogens is 6. The van der Waals surface area contributed by atoms with E-state index in [1.54, 1.807) is 9.80 Å². The van der Waals surface area contributed by atoms with Gasteiger partial charge in [0.05, 0.1) is 142 Å². The van der Waals surface area contributed by atoms with Crippen LogP contribution in [0.2, 0.25) is 0 Å². The van der Waals surface area contributed by atoms with Crippen LogP contribution in [0.3, 0.4) is 0 Å². The molecule has 6 aliphatic heterocycles. The van der Waals surface area contributed by atoms with Crippen LogP contribution in [0.25, 0.3) is 0 Å². The summed E-state index contributed by atoms with van der Waals surface area (Å²) in [6.07, 6.45) is -14.8. The Labute approximate surface area is 819 Å². The molecular weight excluding hydrogens is 1840 g/mol. The van der Waals surface area contributed by atoms with E-state index in [4.69, 9.17) is 92.0 Å². The van der Waals surface area contributed by atoms with Crippen LogP contribution in [0, 0.1) is 35.5 Å². The van der Waals surface area contributed by atoms with Crippen molar-refractivity contribution in [2.45, 2.75) is 375 Å². The van der Waals surface area contributed by atoms with Gasteiger partial charge < -0.3 is 163 Å². The van der Waals surface area contributed by atoms with Gasteiger partial charge in [-0.25, -0.2) is 9.36 Å². The van der Waals surface area contributed by atoms with Gasteiger partial charge in [-0.05, 0) is 102 Å². The standard InChI is InChI=1S/C94H158N12O33.CH4/c1-5-59-43-61(65(109)21-13-29-123-31-23-95)45-67(85(59)138-93-83(119)81(117)77(113)55(3)130-93)134-91-75(87(79(115)71(51-107)136-91)132-69(89(121)103-25-15-26-103)41-57-17-9-7-10-18-57)97-73(111)49-105-47-63(99-101-105)53-128-39-37-126-35-33-125-34-36-127-38-40-129-54-64-48-106(102-100-64)50-74(112)98-76-88(133-70(90(122)104-27-16-28-104)42-58-19-11-8-12-20-58)80(116)72(52-108)137-92(76)135-68-46-62(66(110)22-14-30-124-32-24-96)44-60(6-2)86(68)139-94-84(120)82(118)78(114)56(4)131-94;/h47-48,55-62,67-72,75-88,91-94,107-108,113-120H,5-46,49-54,95-96H2,1-4H3,(H,97,111)(H,98,112);1H4/t55?,56?,59?,60?,61?,62?,67-,68-,69+,70+,71+,72+,75?,76?,77-,78-,79+,80+,81+,82+,83?,84?,85-,86-,87?,88?,91-,92-,93+,94+;/m1./s1. The summed E-state index contributed by atoms with van der Waals surface area (Å²) >= 11 is 0. The van der Waals surface area contributed by atoms with Crippen molar-refractivity contribution in [1.29, 1.82) is 0 Å². The third-order valence-corrected chi connectivity index (χ3v) is 28.8. The fourth-order valence-corrected chi connectivity index (χ4v) is 20.6. The van der Waals surface area contributed by atoms with Crippen LogP contribution >= 0.6 is 0 Å². The molecule has 12 unspecified atom stereocenters. The molecule has 16 N–H and O–H groups in total. The monoisotopic (exact) mass is 2000 g/mol. The molecule has 8 heterocycles. The molecule has 4 amide bonds. The van der Waals surface area contributed by atoms with E-state index in [0.29, 0.717) is 128 Å². The fourth-order valence-electron chi connectivity index (χ4n) is 20.6. The number of amides is 4. The number of carbonyl (C=O) groups is 6. The van der Waals surface area contributed by atoms with Crippen molar-refractivity contribution in [2.75, 3.05) is 132 Å². The Morgan fingerprint density at radius 1 is 0.436 bits per heavy atom. The number of nitrogens with zero attached hydrogens (tertiary/aromatic N) is 8. The third kappa shape index (κ3) is 32.7. The molecular formula is C95H162N12O33. The van der Waals surface area contributed by atoms with E-state index in [2.05, 4.69) is 31.3 Å². The predicted octanol–water partition coefficient (Wildman–Crippen LogP) is -0.955. The number of ether oxygens (including phenoxy) is 17. The minimum Gasteiger partial charge on any atom is -0.394 e. The van der Waals surface area contributed by atoms with Crippen LogP contribution in [0.15, 0.2) is 12.4 Å². The average molecular weight is 2000 g/mol. The average Bonchev–Trinajstić information content (AvgIpc) is 0.805. The summed E-state index contributed by atoms with van der Waals surface area (Å²) < 4.78 is 108. The zero-order valence-electron chi connectivity index (χ0n) is 81.2. The van der Waals surface area contributed by atoms with Gasteiger partial charge in [-0.3, -0.25) is 28.8 Å². The first-order valence-corrected chi connectivity index (χ1v) is 50.9. The second-order valence-electron chi connectivity index (χ2n) is 38.9. The van der Waals surface area contributed by atoms with Gasteiger partial charge >= 0.3 is 0 Å². The summed E-state index contributed by atoms with van der Waals surface area (Å²) in [4.78, 5) is 90.1. The highest BCUT2D eigenvalue weighted by molar-refractivity contribution is 5.83. The van der Waals surface area contributed by atoms with Gasteiger partial charge in [-0.2, -0.15) is 0 Å². The highest BCUT2D eigenvalue weighted by atomic mass is 16.8. The van der Waals surface area contributed by atoms with Gasteiger partial charge in [0.15, 0.2) is 25.2 Å². The molecule has 0 spiro atoms. The number of nitrogens with two attached hydrogens (primary N) is 2. The van der Waals surface area contributed by atoms with E-state index in [9.17, 15) is 79.8 Å². The fraction of sp³-hybridized carbons (Fsp3) is 0.895. The molecule has 0 bridgehead atoms. The molecule has 30 atom stereocenters. The number of aliphatic hydroxyl groups excluding tert-OH is 10. The molecule has 800 valence electrons. The van der Waals surface area contributed by atoms with Crippen LogP contribution in [-0.2, 0) is 136 Å². The SMILES string of the molecule is C.CCC1CC(C(=O)CCCOCCN)C[C@@H](O[C@@H]2O[C@@H](CO)[C@H](O)C(O[C@@H](CC3CCCCC3)C(=O)N3CCC3)C2NC(=O)Cn2cc(COCCOCCOCCOCCOCc3cn(CC(=O)NC4C(O[C@@H](CC5CCCCC5)C(=O)N5CCC5)[C@@H](O)[C@H](CO)O[C@H]4O[C@@H]4CC(C(=O)CCCOCCN)CC(CC)[C@H]4O[C@@H]4OC(C)[C@@H](O)[C@H](O)C4O)nn3)nn2)[C@@H]1O[C@@H]1OC(C)[C@@H](O)[C@H](O)C1O. The van der Waals surface area contributed by atoms with E-state index < -0.39 is 221 Å². The molecule has 4 aliphatic carbocycles. The van der Waals surface area contributed by atoms with Gasteiger partial charge in [0.2, 0.25) is 11.8 Å². The highest BCUT2D eigenvalue weighted by Crippen LogP contribution is 2.45. The van der Waals surface area contributed by atoms with E-state index in [0.717, 1.165) is 77.0 Å². The normalized spacial score (nSPS) is 33.5. The molecule has 10 fully saturated rings. The molecule has 140 heavy (non-hydrogen) atoms. The Morgan fingerprint density at radius 2 is 0.800 bits per heavy atom. The topological polar surface area (TPSA) is 606 Å². The number of carbonyl (C=O) groups excluding carboxylic acids is 6. The zero-order valence-corrected chi connectivity index (χ0v) is 81.2. The summed E-state index contributed by atoms with van der Waals surface area (Å²) in [6, 6.07) is -2.80. The lowest BCUT2D eigenvalue weighted by molar-refractivity contribution is -0.338. The maximum atomic E-state index is 14.6. The summed E-state index contributed by atoms with van der Waals surface area (Å²) in [6.45, 7) is 10.3. The number of Topliss-reactive ketones (excluding diaryl/α,β-unsaturated/α-hetero) is 2. The van der Waals surface area contributed by atoms with Crippen LogP contribution < -0.4 is 22.1 Å². The first kappa shape index (κ1) is 115. The second-order valence-corrected chi connectivity index (χ2v) is 38.9. The number of rotatable bonds is 58. The zero-order chi connectivity index (χ0) is 99.0. The van der Waals surface area contributed by atoms with Crippen LogP contribution in [-0.4, -0.2) is 417 Å². The van der Waals surface area contributed by atoms with Crippen molar-refractivity contribution in [3.05, 3.63) is 23.8 Å². The number of nitrogens with one attached hydrogen (secondary N) is 2. The van der Waals surface area contributed by atoms with E-state index in [1.807, 2.05) is 13.8 Å². The van der Waals surface area contributed by atoms with Gasteiger partial charge in [-0.15, -0.1) is 10.2 Å². The Hall–Kier alpha value is -5.66. The van der Waals surface area contributed by atoms with Crippen LogP contribution in [0.1, 0.15) is 201 Å². The molecule has 10 aliphatic rings. The summed E-state index contributed by atoms with van der Waals surface area (Å²) in [7, 11) is 0. The summed E-state index contributed by atoms with van der Waals surface area (Å²) in [5, 5.41) is 135. The second kappa shape index (κ2) is 58.8. The lowest BCUT2D eigenvalue weighted by Crippen LogP contribution is -2.68. The van der Waals surface area contributed by atoms with Gasteiger partial charge in [-0.1, -0.05) is 109 Å². The molecule has 12 rings (SSSR count). The van der Waals surface area contributed by atoms with Crippen molar-refractivity contribution in [2.24, 2.45) is 47.0 Å². The maximum absolute atomic E-state index is 14.6. The van der Waals surface area contributed by atoms with Crippen LogP contribution in [0.5, 0.6) is 0 Å². The quantitative estimate of drug-likeness (QED) is 0.0355. The number of ketones is 2. The number of likely N-dealkylation sites (tertiary alicyclic amines) is 2. The Morgan fingerprint density at radius 3 is 1.14 bits per heavy atom. The van der Waals surface area contributed by atoms with Crippen molar-refractivity contribution < 1.29 is 160 Å². The van der Waals surface area contributed by atoms with E-state index in [1.165, 1.54) is 35.6 Å². The molecule has 0 aromatic carbocycles. The first-order valence-electron chi connectivity index (χ1n) is 50.9. The molecule has 4 saturated carbocycles. The van der Waals surface area contributed by atoms with Crippen LogP contribution in [0.4, 0.5) is 0 Å². The van der Waals surface area contributed by atoms with E-state index >= 15 is 0 Å². The van der Waals surface area contributed by atoms with E-state index in [-0.39, 0.29) is 134 Å². The lowest BCUT2D eigenvalue weighted by Gasteiger charge is -2.49. The number of aliphatic hydroxyl groups is 10. The van der Waals surface area contributed by atoms with Gasteiger partial charge in [0.25, 0.3) is 11.8 Å². The minimum absolute atomic E-state index is 0. The highest BCUT2D eigenvalue weighted by Gasteiger charge is 2.57. The molecule has 6 saturated heterocycles. The molecule has 45 nitrogen and oxygen atoms in total.